The van der Waals surface area contributed by atoms with E-state index in [1.54, 1.807) is 0 Å². The van der Waals surface area contributed by atoms with Crippen molar-refractivity contribution < 1.29 is 26.3 Å². The van der Waals surface area contributed by atoms with Crippen LogP contribution in [-0.4, -0.2) is 23.3 Å². The molecular weight excluding hydrogens is 380 g/mol. The Hall–Kier alpha value is -3.31. The molecular formula is C15H7F6N5O. The van der Waals surface area contributed by atoms with Crippen LogP contribution in [0.25, 0.3) is 17.1 Å². The zero-order valence-electron chi connectivity index (χ0n) is 13.0. The largest absolute Gasteiger partial charge is 0.434 e. The first-order valence-electron chi connectivity index (χ1n) is 7.28. The first-order chi connectivity index (χ1) is 12.5. The second-order valence-electron chi connectivity index (χ2n) is 5.61. The summed E-state index contributed by atoms with van der Waals surface area (Å²) in [6.07, 6.45) is -4.32. The Morgan fingerprint density at radius 3 is 2.22 bits per heavy atom. The van der Waals surface area contributed by atoms with Crippen LogP contribution < -0.4 is 5.56 Å². The van der Waals surface area contributed by atoms with Crippen LogP contribution >= 0.6 is 0 Å². The summed E-state index contributed by atoms with van der Waals surface area (Å²) in [5.74, 6) is -0.0571. The molecule has 0 aliphatic heterocycles. The van der Waals surface area contributed by atoms with Gasteiger partial charge in [0, 0.05) is 24.8 Å². The molecule has 4 heterocycles. The summed E-state index contributed by atoms with van der Waals surface area (Å²) in [6, 6.07) is 1.95. The first-order valence-corrected chi connectivity index (χ1v) is 7.28. The van der Waals surface area contributed by atoms with Crippen molar-refractivity contribution in [2.24, 2.45) is 0 Å². The van der Waals surface area contributed by atoms with E-state index in [0.29, 0.717) is 6.20 Å². The van der Waals surface area contributed by atoms with Crippen molar-refractivity contribution in [3.8, 4) is 5.82 Å². The average molecular weight is 387 g/mol. The lowest BCUT2D eigenvalue weighted by atomic mass is 10.3. The lowest BCUT2D eigenvalue weighted by Crippen LogP contribution is -2.20. The van der Waals surface area contributed by atoms with E-state index >= 15 is 0 Å². The molecule has 0 radical (unpaired) electrons. The first kappa shape index (κ1) is 17.1. The summed E-state index contributed by atoms with van der Waals surface area (Å²) in [6.45, 7) is 0. The Morgan fingerprint density at radius 2 is 1.56 bits per heavy atom. The van der Waals surface area contributed by atoms with Crippen molar-refractivity contribution in [3.63, 3.8) is 0 Å². The van der Waals surface area contributed by atoms with E-state index in [4.69, 9.17) is 0 Å². The molecule has 140 valence electrons. The fraction of sp³-hybridized carbons (Fsp3) is 0.133. The molecule has 0 unspecified atom stereocenters. The van der Waals surface area contributed by atoms with Crippen LogP contribution in [0.15, 0.2) is 47.9 Å². The van der Waals surface area contributed by atoms with Crippen molar-refractivity contribution in [1.82, 2.24) is 23.3 Å². The highest BCUT2D eigenvalue weighted by Crippen LogP contribution is 2.29. The number of imidazole rings is 2. The Labute approximate surface area is 144 Å². The number of pyridine rings is 1. The van der Waals surface area contributed by atoms with Gasteiger partial charge in [0.25, 0.3) is 5.56 Å². The number of halogens is 6. The van der Waals surface area contributed by atoms with Gasteiger partial charge < -0.3 is 8.80 Å². The molecule has 0 atom stereocenters. The lowest BCUT2D eigenvalue weighted by molar-refractivity contribution is -0.141. The van der Waals surface area contributed by atoms with E-state index in [-0.39, 0.29) is 11.5 Å². The quantitative estimate of drug-likeness (QED) is 0.472. The standard InChI is InChI=1S/C15H7F6N5O/c16-14(17,18)8-1-2-10-23-11(7-25(10)5-8)26-4-3-24-6-9(15(19,20)21)22-12(24)13(26)27/h1-7H. The van der Waals surface area contributed by atoms with Crippen LogP contribution in [0.3, 0.4) is 0 Å². The zero-order chi connectivity index (χ0) is 19.6. The van der Waals surface area contributed by atoms with E-state index in [1.165, 1.54) is 6.20 Å². The van der Waals surface area contributed by atoms with Gasteiger partial charge in [-0.15, -0.1) is 0 Å². The summed E-state index contributed by atoms with van der Waals surface area (Å²) in [5, 5.41) is 0. The molecule has 4 aromatic rings. The van der Waals surface area contributed by atoms with Crippen LogP contribution in [-0.2, 0) is 12.4 Å². The highest BCUT2D eigenvalue weighted by molar-refractivity contribution is 5.47. The van der Waals surface area contributed by atoms with Crippen molar-refractivity contribution in [2.45, 2.75) is 12.4 Å². The van der Waals surface area contributed by atoms with Gasteiger partial charge in [-0.1, -0.05) is 0 Å². The van der Waals surface area contributed by atoms with Crippen molar-refractivity contribution in [3.05, 3.63) is 64.7 Å². The van der Waals surface area contributed by atoms with Gasteiger partial charge >= 0.3 is 12.4 Å². The number of fused-ring (bicyclic) bond motifs is 2. The minimum atomic E-state index is -4.72. The molecule has 4 aromatic heterocycles. The molecule has 0 fully saturated rings. The Balaban J connectivity index is 1.86. The number of rotatable bonds is 1. The summed E-state index contributed by atoms with van der Waals surface area (Å²) >= 11 is 0. The predicted molar refractivity (Wildman–Crippen MR) is 79.5 cm³/mol. The second kappa shape index (κ2) is 5.34. The Kier molecular flexibility index (Phi) is 3.39. The summed E-state index contributed by atoms with van der Waals surface area (Å²) in [7, 11) is 0. The molecule has 12 heteroatoms. The third-order valence-corrected chi connectivity index (χ3v) is 3.82. The van der Waals surface area contributed by atoms with E-state index < -0.39 is 34.8 Å². The van der Waals surface area contributed by atoms with Crippen molar-refractivity contribution >= 4 is 11.3 Å². The average Bonchev–Trinajstić information content (AvgIpc) is 3.17. The van der Waals surface area contributed by atoms with E-state index in [9.17, 15) is 31.1 Å². The summed E-state index contributed by atoms with van der Waals surface area (Å²) in [4.78, 5) is 19.8. The van der Waals surface area contributed by atoms with Crippen LogP contribution in [0.4, 0.5) is 26.3 Å². The van der Waals surface area contributed by atoms with Crippen molar-refractivity contribution in [1.29, 1.82) is 0 Å². The van der Waals surface area contributed by atoms with Crippen LogP contribution in [0.5, 0.6) is 0 Å². The van der Waals surface area contributed by atoms with Crippen LogP contribution in [0, 0.1) is 0 Å². The number of aromatic nitrogens is 5. The molecule has 0 spiro atoms. The maximum Gasteiger partial charge on any atom is 0.434 e. The van der Waals surface area contributed by atoms with Crippen LogP contribution in [0.1, 0.15) is 11.3 Å². The molecule has 0 N–H and O–H groups in total. The number of hydrogen-bond acceptors (Lipinski definition) is 3. The fourth-order valence-electron chi connectivity index (χ4n) is 2.56. The summed E-state index contributed by atoms with van der Waals surface area (Å²) < 4.78 is 79.6. The molecule has 0 aliphatic carbocycles. The number of hydrogen-bond donors (Lipinski definition) is 0. The molecule has 0 aromatic carbocycles. The molecule has 0 saturated heterocycles. The third-order valence-electron chi connectivity index (χ3n) is 3.82. The number of alkyl halides is 6. The van der Waals surface area contributed by atoms with E-state index in [1.807, 2.05) is 0 Å². The van der Waals surface area contributed by atoms with Gasteiger partial charge in [-0.3, -0.25) is 9.36 Å². The van der Waals surface area contributed by atoms with Crippen molar-refractivity contribution in [2.75, 3.05) is 0 Å². The maximum absolute atomic E-state index is 12.8. The highest BCUT2D eigenvalue weighted by Gasteiger charge is 2.34. The van der Waals surface area contributed by atoms with Gasteiger partial charge in [-0.05, 0) is 12.1 Å². The van der Waals surface area contributed by atoms with Gasteiger partial charge in [0.15, 0.2) is 11.5 Å². The molecule has 4 rings (SSSR count). The minimum Gasteiger partial charge on any atom is -0.304 e. The fourth-order valence-corrected chi connectivity index (χ4v) is 2.56. The smallest absolute Gasteiger partial charge is 0.304 e. The molecule has 6 nitrogen and oxygen atoms in total. The topological polar surface area (TPSA) is 56.6 Å². The molecule has 0 saturated carbocycles. The number of nitrogens with zero attached hydrogens (tertiary/aromatic N) is 5. The third kappa shape index (κ3) is 2.82. The Morgan fingerprint density at radius 1 is 0.815 bits per heavy atom. The second-order valence-corrected chi connectivity index (χ2v) is 5.61. The maximum atomic E-state index is 12.8. The molecule has 0 amide bonds. The van der Waals surface area contributed by atoms with E-state index in [0.717, 1.165) is 44.1 Å². The minimum absolute atomic E-state index is 0.0571. The summed E-state index contributed by atoms with van der Waals surface area (Å²) in [5.41, 5.74) is -3.40. The molecule has 0 aliphatic rings. The SMILES string of the molecule is O=c1c2nc(C(F)(F)F)cn2ccn1-c1cn2cc(C(F)(F)F)ccc2n1. The van der Waals surface area contributed by atoms with Gasteiger partial charge in [0.2, 0.25) is 5.65 Å². The highest BCUT2D eigenvalue weighted by atomic mass is 19.4. The van der Waals surface area contributed by atoms with E-state index in [2.05, 4.69) is 9.97 Å². The van der Waals surface area contributed by atoms with Gasteiger partial charge in [-0.25, -0.2) is 9.97 Å². The van der Waals surface area contributed by atoms with Gasteiger partial charge in [0.05, 0.1) is 11.8 Å². The lowest BCUT2D eigenvalue weighted by Gasteiger charge is -2.05. The Bertz CT molecular complexity index is 1230. The van der Waals surface area contributed by atoms with Gasteiger partial charge in [-0.2, -0.15) is 26.3 Å². The normalized spacial score (nSPS) is 13.0. The van der Waals surface area contributed by atoms with Gasteiger partial charge in [0.1, 0.15) is 5.65 Å². The monoisotopic (exact) mass is 387 g/mol. The molecule has 27 heavy (non-hydrogen) atoms. The van der Waals surface area contributed by atoms with Crippen LogP contribution in [0.2, 0.25) is 0 Å². The zero-order valence-corrected chi connectivity index (χ0v) is 13.0. The molecule has 0 bridgehead atoms. The predicted octanol–water partition coefficient (Wildman–Crippen LogP) is 3.17.